The number of benzene rings is 1. The molecule has 0 spiro atoms. The molecule has 2 amide bonds. The SMILES string of the molecule is CC(=O)N1CCC(C(=O)NCCc2cc(Cl)c3c(c2)OCCO3)CC1. The molecular weight excluding hydrogens is 344 g/mol. The molecule has 2 aliphatic heterocycles. The first-order chi connectivity index (χ1) is 12.0. The number of nitrogens with zero attached hydrogens (tertiary/aromatic N) is 1. The van der Waals surface area contributed by atoms with Gasteiger partial charge in [0.2, 0.25) is 11.8 Å². The number of likely N-dealkylation sites (tertiary alicyclic amines) is 1. The Bertz CT molecular complexity index is 657. The minimum Gasteiger partial charge on any atom is -0.486 e. The van der Waals surface area contributed by atoms with E-state index >= 15 is 0 Å². The van der Waals surface area contributed by atoms with Crippen LogP contribution in [-0.4, -0.2) is 49.6 Å². The third-order valence-electron chi connectivity index (χ3n) is 4.68. The Morgan fingerprint density at radius 1 is 1.24 bits per heavy atom. The smallest absolute Gasteiger partial charge is 0.223 e. The van der Waals surface area contributed by atoms with E-state index in [-0.39, 0.29) is 17.7 Å². The fraction of sp³-hybridized carbons (Fsp3) is 0.556. The maximum Gasteiger partial charge on any atom is 0.223 e. The molecule has 1 N–H and O–H groups in total. The number of hydrogen-bond acceptors (Lipinski definition) is 4. The van der Waals surface area contributed by atoms with Crippen LogP contribution in [0.3, 0.4) is 0 Å². The van der Waals surface area contributed by atoms with E-state index in [9.17, 15) is 9.59 Å². The van der Waals surface area contributed by atoms with Crippen LogP contribution in [0.2, 0.25) is 5.02 Å². The van der Waals surface area contributed by atoms with Crippen molar-refractivity contribution in [3.63, 3.8) is 0 Å². The van der Waals surface area contributed by atoms with Crippen molar-refractivity contribution in [1.29, 1.82) is 0 Å². The zero-order valence-electron chi connectivity index (χ0n) is 14.3. The Hall–Kier alpha value is -1.95. The van der Waals surface area contributed by atoms with Gasteiger partial charge in [0.15, 0.2) is 11.5 Å². The second-order valence-corrected chi connectivity index (χ2v) is 6.83. The average Bonchev–Trinajstić information content (AvgIpc) is 2.62. The van der Waals surface area contributed by atoms with Crippen molar-refractivity contribution in [2.45, 2.75) is 26.2 Å². The summed E-state index contributed by atoms with van der Waals surface area (Å²) < 4.78 is 11.1. The van der Waals surface area contributed by atoms with Crippen LogP contribution in [0.15, 0.2) is 12.1 Å². The van der Waals surface area contributed by atoms with E-state index in [1.54, 1.807) is 11.8 Å². The number of halogens is 1. The molecule has 1 aromatic carbocycles. The van der Waals surface area contributed by atoms with Crippen LogP contribution in [0.4, 0.5) is 0 Å². The van der Waals surface area contributed by atoms with Gasteiger partial charge in [-0.1, -0.05) is 11.6 Å². The van der Waals surface area contributed by atoms with Gasteiger partial charge in [0.05, 0.1) is 5.02 Å². The molecule has 2 heterocycles. The monoisotopic (exact) mass is 366 g/mol. The molecule has 0 bridgehead atoms. The maximum atomic E-state index is 12.3. The van der Waals surface area contributed by atoms with Gasteiger partial charge in [-0.2, -0.15) is 0 Å². The predicted octanol–water partition coefficient (Wildman–Crippen LogP) is 2.03. The van der Waals surface area contributed by atoms with E-state index in [0.29, 0.717) is 55.8 Å². The van der Waals surface area contributed by atoms with Crippen LogP contribution in [0.25, 0.3) is 0 Å². The Balaban J connectivity index is 1.47. The van der Waals surface area contributed by atoms with Crippen LogP contribution < -0.4 is 14.8 Å². The first kappa shape index (κ1) is 17.9. The first-order valence-corrected chi connectivity index (χ1v) is 9.03. The molecule has 0 saturated carbocycles. The van der Waals surface area contributed by atoms with Gasteiger partial charge in [0.1, 0.15) is 13.2 Å². The third kappa shape index (κ3) is 4.37. The minimum absolute atomic E-state index is 0.0144. The number of rotatable bonds is 4. The van der Waals surface area contributed by atoms with E-state index in [4.69, 9.17) is 21.1 Å². The summed E-state index contributed by atoms with van der Waals surface area (Å²) in [6.07, 6.45) is 2.12. The first-order valence-electron chi connectivity index (χ1n) is 8.66. The topological polar surface area (TPSA) is 67.9 Å². The van der Waals surface area contributed by atoms with Gasteiger partial charge in [0.25, 0.3) is 0 Å². The number of piperidine rings is 1. The lowest BCUT2D eigenvalue weighted by atomic mass is 9.96. The lowest BCUT2D eigenvalue weighted by molar-refractivity contribution is -0.133. The zero-order chi connectivity index (χ0) is 17.8. The standard InChI is InChI=1S/C18H23ClN2O4/c1-12(22)21-6-3-14(4-7-21)18(23)20-5-2-13-10-15(19)17-16(11-13)24-8-9-25-17/h10-11,14H,2-9H2,1H3,(H,20,23). The molecule has 1 saturated heterocycles. The van der Waals surface area contributed by atoms with Crippen LogP contribution in [0.1, 0.15) is 25.3 Å². The number of nitrogens with one attached hydrogen (secondary N) is 1. The van der Waals surface area contributed by atoms with Crippen LogP contribution in [0, 0.1) is 5.92 Å². The lowest BCUT2D eigenvalue weighted by Gasteiger charge is -2.30. The Labute approximate surface area is 152 Å². The number of fused-ring (bicyclic) bond motifs is 1. The molecule has 2 aliphatic rings. The molecule has 7 heteroatoms. The van der Waals surface area contributed by atoms with E-state index in [2.05, 4.69) is 5.32 Å². The lowest BCUT2D eigenvalue weighted by Crippen LogP contribution is -2.42. The summed E-state index contributed by atoms with van der Waals surface area (Å²) in [5.74, 6) is 1.38. The van der Waals surface area contributed by atoms with Crippen LogP contribution in [0.5, 0.6) is 11.5 Å². The molecular formula is C18H23ClN2O4. The van der Waals surface area contributed by atoms with Crippen LogP contribution in [-0.2, 0) is 16.0 Å². The van der Waals surface area contributed by atoms with Crippen molar-refractivity contribution in [3.05, 3.63) is 22.7 Å². The van der Waals surface area contributed by atoms with E-state index in [0.717, 1.165) is 18.4 Å². The molecule has 0 aromatic heterocycles. The summed E-state index contributed by atoms with van der Waals surface area (Å²) >= 11 is 6.23. The maximum absolute atomic E-state index is 12.3. The molecule has 25 heavy (non-hydrogen) atoms. The molecule has 3 rings (SSSR count). The highest BCUT2D eigenvalue weighted by molar-refractivity contribution is 6.32. The summed E-state index contributed by atoms with van der Waals surface area (Å²) in [6.45, 7) is 4.45. The summed E-state index contributed by atoms with van der Waals surface area (Å²) in [4.78, 5) is 25.4. The molecule has 6 nitrogen and oxygen atoms in total. The van der Waals surface area contributed by atoms with Crippen molar-refractivity contribution in [2.24, 2.45) is 5.92 Å². The van der Waals surface area contributed by atoms with Crippen molar-refractivity contribution < 1.29 is 19.1 Å². The highest BCUT2D eigenvalue weighted by Gasteiger charge is 2.25. The number of hydrogen-bond donors (Lipinski definition) is 1. The van der Waals surface area contributed by atoms with Gasteiger partial charge >= 0.3 is 0 Å². The fourth-order valence-corrected chi connectivity index (χ4v) is 3.53. The second kappa shape index (κ2) is 7.95. The fourth-order valence-electron chi connectivity index (χ4n) is 3.24. The molecule has 136 valence electrons. The Morgan fingerprint density at radius 3 is 2.68 bits per heavy atom. The minimum atomic E-state index is -0.0144. The Kier molecular flexibility index (Phi) is 5.68. The molecule has 1 aromatic rings. The van der Waals surface area contributed by atoms with E-state index < -0.39 is 0 Å². The second-order valence-electron chi connectivity index (χ2n) is 6.42. The van der Waals surface area contributed by atoms with E-state index in [1.807, 2.05) is 12.1 Å². The third-order valence-corrected chi connectivity index (χ3v) is 4.96. The summed E-state index contributed by atoms with van der Waals surface area (Å²) in [6, 6.07) is 3.77. The molecule has 0 atom stereocenters. The molecule has 1 fully saturated rings. The predicted molar refractivity (Wildman–Crippen MR) is 94.1 cm³/mol. The van der Waals surface area contributed by atoms with Crippen molar-refractivity contribution in [1.82, 2.24) is 10.2 Å². The normalized spacial score (nSPS) is 17.3. The van der Waals surface area contributed by atoms with Crippen molar-refractivity contribution in [2.75, 3.05) is 32.8 Å². The largest absolute Gasteiger partial charge is 0.486 e. The quantitative estimate of drug-likeness (QED) is 0.885. The van der Waals surface area contributed by atoms with Crippen molar-refractivity contribution in [3.8, 4) is 11.5 Å². The van der Waals surface area contributed by atoms with Gasteiger partial charge in [-0.3, -0.25) is 9.59 Å². The summed E-state index contributed by atoms with van der Waals surface area (Å²) in [5, 5.41) is 3.52. The average molecular weight is 367 g/mol. The number of ether oxygens (including phenoxy) is 2. The van der Waals surface area contributed by atoms with Gasteiger partial charge < -0.3 is 19.7 Å². The summed E-state index contributed by atoms with van der Waals surface area (Å²) in [7, 11) is 0. The van der Waals surface area contributed by atoms with Gasteiger partial charge in [-0.15, -0.1) is 0 Å². The summed E-state index contributed by atoms with van der Waals surface area (Å²) in [5.41, 5.74) is 1.00. The number of carbonyl (C=O) groups is 2. The molecule has 0 unspecified atom stereocenters. The van der Waals surface area contributed by atoms with E-state index in [1.165, 1.54) is 0 Å². The van der Waals surface area contributed by atoms with Gasteiger partial charge in [-0.05, 0) is 37.0 Å². The van der Waals surface area contributed by atoms with Crippen LogP contribution >= 0.6 is 11.6 Å². The zero-order valence-corrected chi connectivity index (χ0v) is 15.1. The van der Waals surface area contributed by atoms with Crippen molar-refractivity contribution >= 4 is 23.4 Å². The van der Waals surface area contributed by atoms with Gasteiger partial charge in [-0.25, -0.2) is 0 Å². The highest BCUT2D eigenvalue weighted by atomic mass is 35.5. The highest BCUT2D eigenvalue weighted by Crippen LogP contribution is 2.38. The molecule has 0 aliphatic carbocycles. The number of carbonyl (C=O) groups excluding carboxylic acids is 2. The number of amides is 2. The molecule has 0 radical (unpaired) electrons. The van der Waals surface area contributed by atoms with Gasteiger partial charge in [0, 0.05) is 32.5 Å². The Morgan fingerprint density at radius 2 is 1.96 bits per heavy atom.